The maximum atomic E-state index is 5.94. The highest BCUT2D eigenvalue weighted by Gasteiger charge is 2.07. The van der Waals surface area contributed by atoms with Crippen LogP contribution in [0, 0.1) is 0 Å². The van der Waals surface area contributed by atoms with Crippen molar-refractivity contribution in [3.05, 3.63) is 33.8 Å². The maximum absolute atomic E-state index is 5.94. The molecule has 5 heteroatoms. The van der Waals surface area contributed by atoms with E-state index in [0.29, 0.717) is 16.6 Å². The lowest BCUT2D eigenvalue weighted by Crippen LogP contribution is -2.12. The van der Waals surface area contributed by atoms with Gasteiger partial charge in [0.15, 0.2) is 0 Å². The van der Waals surface area contributed by atoms with Gasteiger partial charge in [-0.15, -0.1) is 12.4 Å². The molecule has 86 valence electrons. The first-order chi connectivity index (χ1) is 6.65. The number of hydrogen-bond acceptors (Lipinski definition) is 2. The summed E-state index contributed by atoms with van der Waals surface area (Å²) in [5.74, 6) is 0. The summed E-state index contributed by atoms with van der Waals surface area (Å²) in [6.07, 6.45) is 1.79. The van der Waals surface area contributed by atoms with Gasteiger partial charge >= 0.3 is 0 Å². The molecule has 1 rings (SSSR count). The molecule has 1 aromatic carbocycles. The molecular formula is C10H15Cl3N2. The molecule has 0 unspecified atom stereocenters. The highest BCUT2D eigenvalue weighted by molar-refractivity contribution is 6.42. The van der Waals surface area contributed by atoms with E-state index in [2.05, 4.69) is 0 Å². The van der Waals surface area contributed by atoms with E-state index in [1.54, 1.807) is 6.07 Å². The van der Waals surface area contributed by atoms with E-state index in [0.717, 1.165) is 18.4 Å². The van der Waals surface area contributed by atoms with Crippen LogP contribution in [0.4, 0.5) is 0 Å². The van der Waals surface area contributed by atoms with Crippen LogP contribution in [0.15, 0.2) is 18.2 Å². The second-order valence-electron chi connectivity index (χ2n) is 3.21. The van der Waals surface area contributed by atoms with Gasteiger partial charge in [-0.2, -0.15) is 0 Å². The van der Waals surface area contributed by atoms with E-state index in [1.807, 2.05) is 12.1 Å². The molecule has 0 aliphatic heterocycles. The van der Waals surface area contributed by atoms with Gasteiger partial charge in [0.25, 0.3) is 0 Å². The van der Waals surface area contributed by atoms with Crippen molar-refractivity contribution in [3.8, 4) is 0 Å². The summed E-state index contributed by atoms with van der Waals surface area (Å²) in [5, 5.41) is 1.11. The highest BCUT2D eigenvalue weighted by atomic mass is 35.5. The highest BCUT2D eigenvalue weighted by Crippen LogP contribution is 2.26. The minimum atomic E-state index is -0.00619. The van der Waals surface area contributed by atoms with Gasteiger partial charge in [-0.05, 0) is 37.1 Å². The van der Waals surface area contributed by atoms with Gasteiger partial charge in [0.05, 0.1) is 10.0 Å². The first-order valence-corrected chi connectivity index (χ1v) is 5.31. The first-order valence-electron chi connectivity index (χ1n) is 4.55. The fourth-order valence-corrected chi connectivity index (χ4v) is 1.55. The lowest BCUT2D eigenvalue weighted by Gasteiger charge is -2.11. The minimum absolute atomic E-state index is 0. The molecule has 1 aromatic rings. The average molecular weight is 270 g/mol. The Labute approximate surface area is 106 Å². The Bertz CT molecular complexity index is 305. The third-order valence-electron chi connectivity index (χ3n) is 2.09. The number of nitrogens with two attached hydrogens (primary N) is 2. The van der Waals surface area contributed by atoms with Crippen molar-refractivity contribution >= 4 is 35.6 Å². The zero-order valence-corrected chi connectivity index (χ0v) is 10.6. The number of rotatable bonds is 4. The molecule has 0 saturated carbocycles. The fourth-order valence-electron chi connectivity index (χ4n) is 1.25. The van der Waals surface area contributed by atoms with Crippen LogP contribution in [0.25, 0.3) is 0 Å². The average Bonchev–Trinajstić information content (AvgIpc) is 2.18. The Hall–Kier alpha value is 0.01000. The molecular weight excluding hydrogens is 254 g/mol. The Morgan fingerprint density at radius 2 is 1.87 bits per heavy atom. The molecule has 15 heavy (non-hydrogen) atoms. The Morgan fingerprint density at radius 3 is 2.40 bits per heavy atom. The van der Waals surface area contributed by atoms with Crippen molar-refractivity contribution in [2.24, 2.45) is 11.5 Å². The molecule has 0 spiro atoms. The molecule has 0 fully saturated rings. The van der Waals surface area contributed by atoms with Gasteiger partial charge < -0.3 is 11.5 Å². The molecule has 0 radical (unpaired) electrons. The number of halogens is 3. The molecule has 2 nitrogen and oxygen atoms in total. The molecule has 1 atom stereocenters. The Kier molecular flexibility index (Phi) is 7.32. The maximum Gasteiger partial charge on any atom is 0.0595 e. The topological polar surface area (TPSA) is 52.0 Å². The minimum Gasteiger partial charge on any atom is -0.330 e. The van der Waals surface area contributed by atoms with Crippen molar-refractivity contribution < 1.29 is 0 Å². The van der Waals surface area contributed by atoms with E-state index in [4.69, 9.17) is 34.7 Å². The van der Waals surface area contributed by atoms with Gasteiger partial charge in [-0.25, -0.2) is 0 Å². The standard InChI is InChI=1S/C10H14Cl2N2.ClH/c11-8-4-3-7(6-9(8)12)10(14)2-1-5-13;/h3-4,6,10H,1-2,5,13-14H2;1H/t10-;/m0./s1. The summed E-state index contributed by atoms with van der Waals surface area (Å²) in [5.41, 5.74) is 12.4. The quantitative estimate of drug-likeness (QED) is 0.882. The summed E-state index contributed by atoms with van der Waals surface area (Å²) < 4.78 is 0. The molecule has 0 saturated heterocycles. The summed E-state index contributed by atoms with van der Waals surface area (Å²) in [4.78, 5) is 0. The second-order valence-corrected chi connectivity index (χ2v) is 4.03. The van der Waals surface area contributed by atoms with Crippen LogP contribution in [-0.4, -0.2) is 6.54 Å². The van der Waals surface area contributed by atoms with Gasteiger partial charge in [-0.1, -0.05) is 29.3 Å². The predicted molar refractivity (Wildman–Crippen MR) is 68.9 cm³/mol. The zero-order chi connectivity index (χ0) is 10.6. The van der Waals surface area contributed by atoms with Crippen LogP contribution in [0.3, 0.4) is 0 Å². The summed E-state index contributed by atoms with van der Waals surface area (Å²) in [7, 11) is 0. The van der Waals surface area contributed by atoms with Crippen molar-refractivity contribution in [2.75, 3.05) is 6.54 Å². The van der Waals surface area contributed by atoms with E-state index >= 15 is 0 Å². The first kappa shape index (κ1) is 15.0. The van der Waals surface area contributed by atoms with Gasteiger partial charge in [-0.3, -0.25) is 0 Å². The number of hydrogen-bond donors (Lipinski definition) is 2. The lowest BCUT2D eigenvalue weighted by molar-refractivity contribution is 0.618. The summed E-state index contributed by atoms with van der Waals surface area (Å²) in [6, 6.07) is 5.47. The van der Waals surface area contributed by atoms with Crippen LogP contribution in [0.1, 0.15) is 24.4 Å². The van der Waals surface area contributed by atoms with Crippen LogP contribution in [-0.2, 0) is 0 Å². The fraction of sp³-hybridized carbons (Fsp3) is 0.400. The van der Waals surface area contributed by atoms with Crippen LogP contribution in [0.5, 0.6) is 0 Å². The molecule has 0 aliphatic carbocycles. The Morgan fingerprint density at radius 1 is 1.20 bits per heavy atom. The zero-order valence-electron chi connectivity index (χ0n) is 8.25. The van der Waals surface area contributed by atoms with E-state index < -0.39 is 0 Å². The molecule has 0 aromatic heterocycles. The normalized spacial score (nSPS) is 12.0. The molecule has 0 aliphatic rings. The SMILES string of the molecule is Cl.NCCC[C@H](N)c1ccc(Cl)c(Cl)c1. The van der Waals surface area contributed by atoms with Crippen molar-refractivity contribution in [2.45, 2.75) is 18.9 Å². The largest absolute Gasteiger partial charge is 0.330 e. The summed E-state index contributed by atoms with van der Waals surface area (Å²) >= 11 is 11.7. The van der Waals surface area contributed by atoms with Crippen LogP contribution < -0.4 is 11.5 Å². The third-order valence-corrected chi connectivity index (χ3v) is 2.83. The van der Waals surface area contributed by atoms with Crippen molar-refractivity contribution in [3.63, 3.8) is 0 Å². The van der Waals surface area contributed by atoms with E-state index in [9.17, 15) is 0 Å². The monoisotopic (exact) mass is 268 g/mol. The number of benzene rings is 1. The lowest BCUT2D eigenvalue weighted by atomic mass is 10.0. The van der Waals surface area contributed by atoms with Gasteiger partial charge in [0.1, 0.15) is 0 Å². The summed E-state index contributed by atoms with van der Waals surface area (Å²) in [6.45, 7) is 0.662. The van der Waals surface area contributed by atoms with Crippen molar-refractivity contribution in [1.29, 1.82) is 0 Å². The van der Waals surface area contributed by atoms with E-state index in [1.165, 1.54) is 0 Å². The molecule has 0 bridgehead atoms. The molecule has 4 N–H and O–H groups in total. The van der Waals surface area contributed by atoms with Crippen LogP contribution in [0.2, 0.25) is 10.0 Å². The molecule has 0 amide bonds. The van der Waals surface area contributed by atoms with Crippen LogP contribution >= 0.6 is 35.6 Å². The predicted octanol–water partition coefficient (Wildman–Crippen LogP) is 3.15. The van der Waals surface area contributed by atoms with Gasteiger partial charge in [0, 0.05) is 6.04 Å². The van der Waals surface area contributed by atoms with Crippen molar-refractivity contribution in [1.82, 2.24) is 0 Å². The Balaban J connectivity index is 0.00000196. The molecule has 0 heterocycles. The van der Waals surface area contributed by atoms with E-state index in [-0.39, 0.29) is 18.4 Å². The third kappa shape index (κ3) is 4.58. The smallest absolute Gasteiger partial charge is 0.0595 e. The second kappa shape index (κ2) is 7.31. The van der Waals surface area contributed by atoms with Gasteiger partial charge in [0.2, 0.25) is 0 Å².